The SMILES string of the molecule is C[C@H](c1nc2c3cnn(-c4ccccc4)c3ncn2n1)n1nc(C(F)(F)F)cc1C1CC1. The summed E-state index contributed by atoms with van der Waals surface area (Å²) in [5.74, 6) is 0.459. The highest BCUT2D eigenvalue weighted by molar-refractivity contribution is 5.89. The van der Waals surface area contributed by atoms with E-state index in [2.05, 4.69) is 25.3 Å². The zero-order valence-corrected chi connectivity index (χ0v) is 16.9. The predicted molar refractivity (Wildman–Crippen MR) is 108 cm³/mol. The van der Waals surface area contributed by atoms with Gasteiger partial charge in [0, 0.05) is 11.6 Å². The first-order chi connectivity index (χ1) is 15.4. The molecule has 32 heavy (non-hydrogen) atoms. The molecular formula is C21H17F3N8. The summed E-state index contributed by atoms with van der Waals surface area (Å²) in [5.41, 5.74) is 1.70. The Bertz CT molecular complexity index is 1440. The first-order valence-corrected chi connectivity index (χ1v) is 10.2. The summed E-state index contributed by atoms with van der Waals surface area (Å²) in [4.78, 5) is 9.11. The highest BCUT2D eigenvalue weighted by Crippen LogP contribution is 2.43. The van der Waals surface area contributed by atoms with Crippen LogP contribution in [0.25, 0.3) is 22.4 Å². The second-order valence-electron chi connectivity index (χ2n) is 7.96. The summed E-state index contributed by atoms with van der Waals surface area (Å²) in [7, 11) is 0. The van der Waals surface area contributed by atoms with E-state index >= 15 is 0 Å². The minimum absolute atomic E-state index is 0.0931. The molecule has 4 aromatic heterocycles. The zero-order valence-electron chi connectivity index (χ0n) is 16.9. The van der Waals surface area contributed by atoms with Gasteiger partial charge in [0.25, 0.3) is 0 Å². The maximum absolute atomic E-state index is 13.3. The lowest BCUT2D eigenvalue weighted by molar-refractivity contribution is -0.141. The molecule has 0 unspecified atom stereocenters. The van der Waals surface area contributed by atoms with Gasteiger partial charge in [-0.2, -0.15) is 23.4 Å². The Hall–Kier alpha value is -3.76. The molecule has 0 radical (unpaired) electrons. The number of hydrogen-bond acceptors (Lipinski definition) is 5. The van der Waals surface area contributed by atoms with Gasteiger partial charge in [0.15, 0.2) is 22.8 Å². The van der Waals surface area contributed by atoms with Crippen molar-refractivity contribution in [2.45, 2.75) is 37.9 Å². The maximum atomic E-state index is 13.3. The summed E-state index contributed by atoms with van der Waals surface area (Å²) in [6.07, 6.45) is 0.422. The van der Waals surface area contributed by atoms with Crippen LogP contribution in [0.15, 0.2) is 48.9 Å². The molecule has 1 fully saturated rings. The van der Waals surface area contributed by atoms with Crippen molar-refractivity contribution >= 4 is 16.7 Å². The Morgan fingerprint density at radius 2 is 1.84 bits per heavy atom. The van der Waals surface area contributed by atoms with Gasteiger partial charge in [-0.1, -0.05) is 18.2 Å². The fraction of sp³-hybridized carbons (Fsp3) is 0.286. The van der Waals surface area contributed by atoms with Crippen molar-refractivity contribution in [1.29, 1.82) is 0 Å². The van der Waals surface area contributed by atoms with E-state index in [9.17, 15) is 13.2 Å². The molecule has 6 rings (SSSR count). The lowest BCUT2D eigenvalue weighted by Crippen LogP contribution is -2.15. The lowest BCUT2D eigenvalue weighted by Gasteiger charge is -2.12. The van der Waals surface area contributed by atoms with Crippen molar-refractivity contribution in [2.75, 3.05) is 0 Å². The maximum Gasteiger partial charge on any atom is 0.435 e. The number of para-hydroxylation sites is 1. The third-order valence-electron chi connectivity index (χ3n) is 5.71. The number of aromatic nitrogens is 8. The normalized spacial score (nSPS) is 15.6. The Balaban J connectivity index is 1.45. The Morgan fingerprint density at radius 1 is 1.06 bits per heavy atom. The molecule has 4 heterocycles. The van der Waals surface area contributed by atoms with Gasteiger partial charge in [0.05, 0.1) is 17.3 Å². The molecule has 8 nitrogen and oxygen atoms in total. The number of halogens is 3. The number of nitrogens with zero attached hydrogens (tertiary/aromatic N) is 8. The fourth-order valence-electron chi connectivity index (χ4n) is 3.92. The summed E-state index contributed by atoms with van der Waals surface area (Å²) < 4.78 is 44.5. The standard InChI is InChI=1S/C21H17F3N8/c1-12(31-16(13-7-8-13)9-17(28-31)21(22,23)24)18-27-20-15-10-26-32(14-5-3-2-4-6-14)19(15)25-11-30(20)29-18/h2-6,9-13H,7-8H2,1H3/t12-/m1/s1. The molecular weight excluding hydrogens is 421 g/mol. The fourth-order valence-corrected chi connectivity index (χ4v) is 3.92. The van der Waals surface area contributed by atoms with Crippen molar-refractivity contribution in [3.8, 4) is 5.69 Å². The monoisotopic (exact) mass is 438 g/mol. The molecule has 1 aliphatic carbocycles. The average molecular weight is 438 g/mol. The van der Waals surface area contributed by atoms with Gasteiger partial charge in [-0.25, -0.2) is 19.2 Å². The molecule has 1 aliphatic rings. The minimum Gasteiger partial charge on any atom is -0.258 e. The summed E-state index contributed by atoms with van der Waals surface area (Å²) in [6, 6.07) is 10.2. The molecule has 1 atom stereocenters. The molecule has 5 aromatic rings. The molecule has 0 spiro atoms. The van der Waals surface area contributed by atoms with Crippen molar-refractivity contribution in [2.24, 2.45) is 0 Å². The van der Waals surface area contributed by atoms with E-state index in [0.29, 0.717) is 28.2 Å². The molecule has 0 bridgehead atoms. The number of hydrogen-bond donors (Lipinski definition) is 0. The molecule has 1 saturated carbocycles. The molecule has 0 amide bonds. The van der Waals surface area contributed by atoms with Gasteiger partial charge in [0.1, 0.15) is 12.4 Å². The largest absolute Gasteiger partial charge is 0.435 e. The van der Waals surface area contributed by atoms with Crippen LogP contribution in [0.1, 0.15) is 48.9 Å². The highest BCUT2D eigenvalue weighted by atomic mass is 19.4. The number of fused-ring (bicyclic) bond motifs is 3. The van der Waals surface area contributed by atoms with Crippen LogP contribution < -0.4 is 0 Å². The van der Waals surface area contributed by atoms with E-state index < -0.39 is 17.9 Å². The zero-order chi connectivity index (χ0) is 22.0. The Labute approximate surface area is 179 Å². The second kappa shape index (κ2) is 6.62. The van der Waals surface area contributed by atoms with E-state index in [-0.39, 0.29) is 5.92 Å². The summed E-state index contributed by atoms with van der Waals surface area (Å²) in [5, 5.41) is 13.5. The van der Waals surface area contributed by atoms with Crippen molar-refractivity contribution in [1.82, 2.24) is 39.1 Å². The molecule has 0 saturated heterocycles. The van der Waals surface area contributed by atoms with E-state index in [1.54, 1.807) is 17.8 Å². The van der Waals surface area contributed by atoms with Gasteiger partial charge < -0.3 is 0 Å². The van der Waals surface area contributed by atoms with Gasteiger partial charge >= 0.3 is 6.18 Å². The number of rotatable bonds is 4. The van der Waals surface area contributed by atoms with Gasteiger partial charge in [-0.05, 0) is 38.0 Å². The van der Waals surface area contributed by atoms with E-state index in [1.165, 1.54) is 15.5 Å². The first-order valence-electron chi connectivity index (χ1n) is 10.2. The van der Waals surface area contributed by atoms with Gasteiger partial charge in [0.2, 0.25) is 0 Å². The van der Waals surface area contributed by atoms with Crippen LogP contribution in [0.4, 0.5) is 13.2 Å². The van der Waals surface area contributed by atoms with Gasteiger partial charge in [-0.3, -0.25) is 4.68 Å². The second-order valence-corrected chi connectivity index (χ2v) is 7.96. The molecule has 162 valence electrons. The van der Waals surface area contributed by atoms with E-state index in [0.717, 1.165) is 24.6 Å². The molecule has 11 heteroatoms. The Morgan fingerprint density at radius 3 is 2.56 bits per heavy atom. The Kier molecular flexibility index (Phi) is 3.92. The summed E-state index contributed by atoms with van der Waals surface area (Å²) >= 11 is 0. The van der Waals surface area contributed by atoms with Crippen LogP contribution in [0.3, 0.4) is 0 Å². The minimum atomic E-state index is -4.50. The number of benzene rings is 1. The lowest BCUT2D eigenvalue weighted by atomic mass is 10.2. The molecule has 1 aromatic carbocycles. The van der Waals surface area contributed by atoms with Crippen LogP contribution in [0.2, 0.25) is 0 Å². The van der Waals surface area contributed by atoms with Crippen LogP contribution in [0.5, 0.6) is 0 Å². The van der Waals surface area contributed by atoms with E-state index in [4.69, 9.17) is 0 Å². The van der Waals surface area contributed by atoms with Crippen LogP contribution >= 0.6 is 0 Å². The summed E-state index contributed by atoms with van der Waals surface area (Å²) in [6.45, 7) is 1.76. The number of alkyl halides is 3. The molecule has 0 N–H and O–H groups in total. The van der Waals surface area contributed by atoms with Crippen LogP contribution in [-0.2, 0) is 6.18 Å². The predicted octanol–water partition coefficient (Wildman–Crippen LogP) is 4.17. The first kappa shape index (κ1) is 19.0. The van der Waals surface area contributed by atoms with Gasteiger partial charge in [-0.15, -0.1) is 5.10 Å². The quantitative estimate of drug-likeness (QED) is 0.421. The van der Waals surface area contributed by atoms with Crippen LogP contribution in [-0.4, -0.2) is 39.1 Å². The highest BCUT2D eigenvalue weighted by Gasteiger charge is 2.39. The van der Waals surface area contributed by atoms with Crippen molar-refractivity contribution in [3.05, 3.63) is 66.1 Å². The third-order valence-corrected chi connectivity index (χ3v) is 5.71. The molecule has 0 aliphatic heterocycles. The smallest absolute Gasteiger partial charge is 0.258 e. The van der Waals surface area contributed by atoms with Crippen molar-refractivity contribution in [3.63, 3.8) is 0 Å². The topological polar surface area (TPSA) is 78.7 Å². The van der Waals surface area contributed by atoms with E-state index in [1.807, 2.05) is 30.3 Å². The van der Waals surface area contributed by atoms with Crippen molar-refractivity contribution < 1.29 is 13.2 Å². The third kappa shape index (κ3) is 2.95. The van der Waals surface area contributed by atoms with Crippen LogP contribution in [0, 0.1) is 0 Å². The average Bonchev–Trinajstić information content (AvgIpc) is 3.20.